The number of carbonyl (C=O) groups excluding carboxylic acids is 3. The molecule has 2 amide bonds. The van der Waals surface area contributed by atoms with Crippen molar-refractivity contribution in [1.82, 2.24) is 5.32 Å². The van der Waals surface area contributed by atoms with Gasteiger partial charge in [-0.05, 0) is 55.8 Å². The number of esters is 1. The Morgan fingerprint density at radius 1 is 1.00 bits per heavy atom. The van der Waals surface area contributed by atoms with E-state index in [2.05, 4.69) is 10.6 Å². The average Bonchev–Trinajstić information content (AvgIpc) is 2.63. The van der Waals surface area contributed by atoms with Crippen LogP contribution in [0.3, 0.4) is 0 Å². The summed E-state index contributed by atoms with van der Waals surface area (Å²) in [5.74, 6) is -2.51. The molecular formula is C19H19FN2O4. The van der Waals surface area contributed by atoms with Gasteiger partial charge in [0.1, 0.15) is 5.82 Å². The van der Waals surface area contributed by atoms with Gasteiger partial charge < -0.3 is 15.4 Å². The lowest BCUT2D eigenvalue weighted by molar-refractivity contribution is -0.136. The van der Waals surface area contributed by atoms with Crippen molar-refractivity contribution in [2.45, 2.75) is 19.9 Å². The monoisotopic (exact) mass is 358 g/mol. The number of ether oxygens (including phenoxy) is 1. The van der Waals surface area contributed by atoms with Gasteiger partial charge in [0, 0.05) is 5.69 Å². The summed E-state index contributed by atoms with van der Waals surface area (Å²) in [6.07, 6.45) is 0. The third kappa shape index (κ3) is 5.14. The van der Waals surface area contributed by atoms with E-state index >= 15 is 0 Å². The molecule has 2 rings (SSSR count). The minimum absolute atomic E-state index is 0.268. The number of halogens is 1. The van der Waals surface area contributed by atoms with Crippen molar-refractivity contribution in [2.24, 2.45) is 0 Å². The maximum Gasteiger partial charge on any atom is 0.338 e. The van der Waals surface area contributed by atoms with E-state index in [9.17, 15) is 18.8 Å². The number of benzene rings is 2. The molecule has 26 heavy (non-hydrogen) atoms. The predicted molar refractivity (Wildman–Crippen MR) is 94.0 cm³/mol. The van der Waals surface area contributed by atoms with E-state index in [1.807, 2.05) is 0 Å². The van der Waals surface area contributed by atoms with E-state index in [1.54, 1.807) is 13.8 Å². The van der Waals surface area contributed by atoms with E-state index in [-0.39, 0.29) is 12.4 Å². The van der Waals surface area contributed by atoms with E-state index < -0.39 is 23.8 Å². The minimum Gasteiger partial charge on any atom is -0.462 e. The first kappa shape index (κ1) is 19.1. The predicted octanol–water partition coefficient (Wildman–Crippen LogP) is 2.82. The SMILES string of the molecule is CCOC(=O)c1ccc(NC(=O)C(=O)NC(C)c2ccc(F)cc2)cc1. The number of amides is 2. The summed E-state index contributed by atoms with van der Waals surface area (Å²) < 4.78 is 17.8. The first-order chi connectivity index (χ1) is 12.4. The molecular weight excluding hydrogens is 339 g/mol. The molecule has 136 valence electrons. The van der Waals surface area contributed by atoms with Gasteiger partial charge in [-0.1, -0.05) is 12.1 Å². The highest BCUT2D eigenvalue weighted by atomic mass is 19.1. The molecule has 0 heterocycles. The van der Waals surface area contributed by atoms with Gasteiger partial charge in [0.05, 0.1) is 18.2 Å². The van der Waals surface area contributed by atoms with Gasteiger partial charge in [-0.2, -0.15) is 0 Å². The molecule has 6 nitrogen and oxygen atoms in total. The van der Waals surface area contributed by atoms with E-state index in [4.69, 9.17) is 4.74 Å². The Morgan fingerprint density at radius 2 is 1.62 bits per heavy atom. The molecule has 1 unspecified atom stereocenters. The Hall–Kier alpha value is -3.22. The van der Waals surface area contributed by atoms with Crippen molar-refractivity contribution in [2.75, 3.05) is 11.9 Å². The molecule has 0 aliphatic rings. The fourth-order valence-electron chi connectivity index (χ4n) is 2.19. The van der Waals surface area contributed by atoms with Crippen LogP contribution in [0.15, 0.2) is 48.5 Å². The molecule has 0 bridgehead atoms. The summed E-state index contributed by atoms with van der Waals surface area (Å²) >= 11 is 0. The van der Waals surface area contributed by atoms with Crippen molar-refractivity contribution in [1.29, 1.82) is 0 Å². The van der Waals surface area contributed by atoms with Crippen LogP contribution in [0.25, 0.3) is 0 Å². The van der Waals surface area contributed by atoms with Crippen molar-refractivity contribution in [3.05, 3.63) is 65.5 Å². The van der Waals surface area contributed by atoms with Crippen molar-refractivity contribution in [3.8, 4) is 0 Å². The third-order valence-electron chi connectivity index (χ3n) is 3.58. The summed E-state index contributed by atoms with van der Waals surface area (Å²) in [5.41, 5.74) is 1.39. The maximum absolute atomic E-state index is 12.9. The second-order valence-electron chi connectivity index (χ2n) is 5.50. The lowest BCUT2D eigenvalue weighted by Crippen LogP contribution is -2.36. The molecule has 0 saturated carbocycles. The molecule has 0 aliphatic carbocycles. The highest BCUT2D eigenvalue weighted by Gasteiger charge is 2.17. The van der Waals surface area contributed by atoms with Crippen molar-refractivity contribution < 1.29 is 23.5 Å². The fraction of sp³-hybridized carbons (Fsp3) is 0.211. The lowest BCUT2D eigenvalue weighted by Gasteiger charge is -2.14. The second kappa shape index (κ2) is 8.75. The minimum atomic E-state index is -0.845. The van der Waals surface area contributed by atoms with Crippen LogP contribution in [0, 0.1) is 5.82 Å². The van der Waals surface area contributed by atoms with Crippen LogP contribution < -0.4 is 10.6 Å². The molecule has 1 atom stereocenters. The van der Waals surface area contributed by atoms with Crippen LogP contribution in [0.2, 0.25) is 0 Å². The summed E-state index contributed by atoms with van der Waals surface area (Å²) in [4.78, 5) is 35.5. The summed E-state index contributed by atoms with van der Waals surface area (Å²) in [5, 5.41) is 4.98. The Kier molecular flexibility index (Phi) is 6.43. The Morgan fingerprint density at radius 3 is 2.19 bits per heavy atom. The fourth-order valence-corrected chi connectivity index (χ4v) is 2.19. The second-order valence-corrected chi connectivity index (χ2v) is 5.50. The Bertz CT molecular complexity index is 788. The molecule has 2 aromatic carbocycles. The van der Waals surface area contributed by atoms with E-state index in [0.717, 1.165) is 0 Å². The summed E-state index contributed by atoms with van der Waals surface area (Å²) in [7, 11) is 0. The molecule has 0 spiro atoms. The zero-order valence-corrected chi connectivity index (χ0v) is 14.4. The molecule has 0 aromatic heterocycles. The molecule has 2 aromatic rings. The number of hydrogen-bond acceptors (Lipinski definition) is 4. The van der Waals surface area contributed by atoms with Gasteiger partial charge in [-0.25, -0.2) is 9.18 Å². The third-order valence-corrected chi connectivity index (χ3v) is 3.58. The van der Waals surface area contributed by atoms with Crippen LogP contribution in [0.4, 0.5) is 10.1 Å². The number of rotatable bonds is 5. The standard InChI is InChI=1S/C19H19FN2O4/c1-3-26-19(25)14-6-10-16(11-7-14)22-18(24)17(23)21-12(2)13-4-8-15(20)9-5-13/h4-12H,3H2,1-2H3,(H,21,23)(H,22,24). The molecule has 2 N–H and O–H groups in total. The first-order valence-electron chi connectivity index (χ1n) is 8.05. The molecule has 7 heteroatoms. The normalized spacial score (nSPS) is 11.3. The summed E-state index contributed by atoms with van der Waals surface area (Å²) in [6, 6.07) is 11.2. The smallest absolute Gasteiger partial charge is 0.338 e. The van der Waals surface area contributed by atoms with Gasteiger partial charge in [-0.3, -0.25) is 9.59 Å². The largest absolute Gasteiger partial charge is 0.462 e. The van der Waals surface area contributed by atoms with Crippen LogP contribution in [-0.2, 0) is 14.3 Å². The zero-order valence-electron chi connectivity index (χ0n) is 14.4. The quantitative estimate of drug-likeness (QED) is 0.636. The lowest BCUT2D eigenvalue weighted by atomic mass is 10.1. The van der Waals surface area contributed by atoms with Gasteiger partial charge in [0.25, 0.3) is 0 Å². The average molecular weight is 358 g/mol. The topological polar surface area (TPSA) is 84.5 Å². The number of hydrogen-bond donors (Lipinski definition) is 2. The molecule has 0 aliphatic heterocycles. The van der Waals surface area contributed by atoms with Gasteiger partial charge >= 0.3 is 17.8 Å². The number of nitrogens with one attached hydrogen (secondary N) is 2. The van der Waals surface area contributed by atoms with Crippen LogP contribution in [-0.4, -0.2) is 24.4 Å². The number of carbonyl (C=O) groups is 3. The highest BCUT2D eigenvalue weighted by Crippen LogP contribution is 2.13. The summed E-state index contributed by atoms with van der Waals surface area (Å²) in [6.45, 7) is 3.66. The molecule has 0 radical (unpaired) electrons. The first-order valence-corrected chi connectivity index (χ1v) is 8.05. The zero-order chi connectivity index (χ0) is 19.1. The molecule has 0 saturated heterocycles. The van der Waals surface area contributed by atoms with Gasteiger partial charge in [0.15, 0.2) is 0 Å². The van der Waals surface area contributed by atoms with Crippen LogP contribution in [0.1, 0.15) is 35.8 Å². The van der Waals surface area contributed by atoms with E-state index in [0.29, 0.717) is 16.8 Å². The number of anilines is 1. The van der Waals surface area contributed by atoms with Crippen LogP contribution in [0.5, 0.6) is 0 Å². The Labute approximate surface area is 150 Å². The van der Waals surface area contributed by atoms with E-state index in [1.165, 1.54) is 48.5 Å². The maximum atomic E-state index is 12.9. The van der Waals surface area contributed by atoms with Crippen molar-refractivity contribution >= 4 is 23.5 Å². The van der Waals surface area contributed by atoms with Crippen LogP contribution >= 0.6 is 0 Å². The Balaban J connectivity index is 1.93. The van der Waals surface area contributed by atoms with Crippen molar-refractivity contribution in [3.63, 3.8) is 0 Å². The van der Waals surface area contributed by atoms with Gasteiger partial charge in [0.2, 0.25) is 0 Å². The van der Waals surface area contributed by atoms with Gasteiger partial charge in [-0.15, -0.1) is 0 Å². The molecule has 0 fully saturated rings. The highest BCUT2D eigenvalue weighted by molar-refractivity contribution is 6.39.